The molecular weight excluding hydrogens is 238 g/mol. The molecule has 3 nitrogen and oxygen atoms in total. The minimum absolute atomic E-state index is 0.470. The van der Waals surface area contributed by atoms with Gasteiger partial charge in [0.15, 0.2) is 5.54 Å². The van der Waals surface area contributed by atoms with E-state index in [1.807, 2.05) is 61.5 Å². The Balaban J connectivity index is 2.58. The van der Waals surface area contributed by atoms with Gasteiger partial charge in [-0.15, -0.1) is 0 Å². The fraction of sp³-hybridized carbons (Fsp3) is 0.188. The zero-order valence-electron chi connectivity index (χ0n) is 11.1. The van der Waals surface area contributed by atoms with Gasteiger partial charge < -0.3 is 10.5 Å². The summed E-state index contributed by atoms with van der Waals surface area (Å²) in [5, 5.41) is 0. The quantitative estimate of drug-likeness (QED) is 0.857. The van der Waals surface area contributed by atoms with Crippen LogP contribution in [0.15, 0.2) is 54.6 Å². The summed E-state index contributed by atoms with van der Waals surface area (Å²) in [4.78, 5) is 12.2. The number of carbonyl (C=O) groups excluding carboxylic acids is 1. The Bertz CT molecular complexity index is 563. The summed E-state index contributed by atoms with van der Waals surface area (Å²) in [5.41, 5.74) is 7.64. The minimum Gasteiger partial charge on any atom is -0.467 e. The van der Waals surface area contributed by atoms with E-state index in [-0.39, 0.29) is 0 Å². The monoisotopic (exact) mass is 255 g/mol. The number of hydrogen-bond donors (Lipinski definition) is 1. The van der Waals surface area contributed by atoms with E-state index in [9.17, 15) is 4.79 Å². The van der Waals surface area contributed by atoms with Crippen LogP contribution in [0, 0.1) is 6.92 Å². The summed E-state index contributed by atoms with van der Waals surface area (Å²) < 4.78 is 4.89. The van der Waals surface area contributed by atoms with Crippen molar-refractivity contribution in [3.8, 4) is 0 Å². The number of methoxy groups -OCH3 is 1. The van der Waals surface area contributed by atoms with Crippen LogP contribution >= 0.6 is 0 Å². The molecule has 0 amide bonds. The smallest absolute Gasteiger partial charge is 0.335 e. The molecule has 1 atom stereocenters. The topological polar surface area (TPSA) is 52.3 Å². The molecule has 1 unspecified atom stereocenters. The standard InChI is InChI=1S/C16H17NO2/c1-12-8-10-14(11-9-12)16(17,15(18)19-2)13-6-4-3-5-7-13/h3-11H,17H2,1-2H3. The molecule has 0 radical (unpaired) electrons. The first-order chi connectivity index (χ1) is 9.09. The van der Waals surface area contributed by atoms with Crippen molar-refractivity contribution < 1.29 is 9.53 Å². The maximum absolute atomic E-state index is 12.2. The highest BCUT2D eigenvalue weighted by Crippen LogP contribution is 2.28. The third kappa shape index (κ3) is 2.37. The molecule has 0 aliphatic heterocycles. The van der Waals surface area contributed by atoms with E-state index in [1.54, 1.807) is 0 Å². The molecule has 98 valence electrons. The molecule has 0 bridgehead atoms. The molecule has 0 saturated carbocycles. The first kappa shape index (κ1) is 13.3. The summed E-state index contributed by atoms with van der Waals surface area (Å²) >= 11 is 0. The second-order valence-corrected chi connectivity index (χ2v) is 4.53. The van der Waals surface area contributed by atoms with Crippen molar-refractivity contribution in [1.82, 2.24) is 0 Å². The van der Waals surface area contributed by atoms with Crippen LogP contribution in [0.2, 0.25) is 0 Å². The van der Waals surface area contributed by atoms with Gasteiger partial charge in [0.2, 0.25) is 0 Å². The molecule has 3 heteroatoms. The van der Waals surface area contributed by atoms with Gasteiger partial charge in [-0.2, -0.15) is 0 Å². The fourth-order valence-corrected chi connectivity index (χ4v) is 2.08. The lowest BCUT2D eigenvalue weighted by atomic mass is 9.83. The van der Waals surface area contributed by atoms with Gasteiger partial charge in [0.05, 0.1) is 7.11 Å². The van der Waals surface area contributed by atoms with Crippen molar-refractivity contribution in [1.29, 1.82) is 0 Å². The van der Waals surface area contributed by atoms with Crippen LogP contribution < -0.4 is 5.73 Å². The third-order valence-corrected chi connectivity index (χ3v) is 3.24. The van der Waals surface area contributed by atoms with Crippen LogP contribution in [0.5, 0.6) is 0 Å². The molecule has 2 aromatic rings. The summed E-state index contributed by atoms with van der Waals surface area (Å²) in [5.74, 6) is -0.470. The Morgan fingerprint density at radius 3 is 2.05 bits per heavy atom. The van der Waals surface area contributed by atoms with Crippen molar-refractivity contribution in [2.45, 2.75) is 12.5 Å². The van der Waals surface area contributed by atoms with E-state index in [2.05, 4.69) is 0 Å². The maximum atomic E-state index is 12.2. The highest BCUT2D eigenvalue weighted by molar-refractivity contribution is 5.86. The largest absolute Gasteiger partial charge is 0.467 e. The van der Waals surface area contributed by atoms with Gasteiger partial charge in [0.1, 0.15) is 0 Å². The Morgan fingerprint density at radius 2 is 1.53 bits per heavy atom. The van der Waals surface area contributed by atoms with Crippen LogP contribution in [0.4, 0.5) is 0 Å². The first-order valence-corrected chi connectivity index (χ1v) is 6.09. The van der Waals surface area contributed by atoms with Gasteiger partial charge in [0.25, 0.3) is 0 Å². The van der Waals surface area contributed by atoms with Gasteiger partial charge in [-0.3, -0.25) is 0 Å². The summed E-state index contributed by atoms with van der Waals surface area (Å²) in [6.45, 7) is 1.99. The SMILES string of the molecule is COC(=O)C(N)(c1ccccc1)c1ccc(C)cc1. The molecular formula is C16H17NO2. The van der Waals surface area contributed by atoms with Gasteiger partial charge in [-0.05, 0) is 18.1 Å². The number of carbonyl (C=O) groups is 1. The highest BCUT2D eigenvalue weighted by atomic mass is 16.5. The van der Waals surface area contributed by atoms with Gasteiger partial charge in [0, 0.05) is 0 Å². The summed E-state index contributed by atoms with van der Waals surface area (Å²) in [6.07, 6.45) is 0. The van der Waals surface area contributed by atoms with Gasteiger partial charge >= 0.3 is 5.97 Å². The van der Waals surface area contributed by atoms with Crippen LogP contribution in [0.25, 0.3) is 0 Å². The predicted octanol–water partition coefficient (Wildman–Crippen LogP) is 2.37. The van der Waals surface area contributed by atoms with Crippen LogP contribution in [0.3, 0.4) is 0 Å². The first-order valence-electron chi connectivity index (χ1n) is 6.09. The molecule has 0 heterocycles. The van der Waals surface area contributed by atoms with E-state index in [1.165, 1.54) is 7.11 Å². The molecule has 19 heavy (non-hydrogen) atoms. The Hall–Kier alpha value is -2.13. The maximum Gasteiger partial charge on any atom is 0.335 e. The fourth-order valence-electron chi connectivity index (χ4n) is 2.08. The lowest BCUT2D eigenvalue weighted by Gasteiger charge is -2.27. The molecule has 2 aromatic carbocycles. The number of aryl methyl sites for hydroxylation is 1. The summed E-state index contributed by atoms with van der Waals surface area (Å²) in [6, 6.07) is 16.8. The van der Waals surface area contributed by atoms with Crippen LogP contribution in [0.1, 0.15) is 16.7 Å². The lowest BCUT2D eigenvalue weighted by molar-refractivity contribution is -0.145. The van der Waals surface area contributed by atoms with Crippen molar-refractivity contribution >= 4 is 5.97 Å². The normalized spacial score (nSPS) is 13.6. The van der Waals surface area contributed by atoms with Crippen LogP contribution in [-0.2, 0) is 15.1 Å². The van der Waals surface area contributed by atoms with Gasteiger partial charge in [-0.1, -0.05) is 60.2 Å². The van der Waals surface area contributed by atoms with E-state index < -0.39 is 11.5 Å². The molecule has 0 aromatic heterocycles. The number of nitrogens with two attached hydrogens (primary N) is 1. The van der Waals surface area contributed by atoms with Crippen molar-refractivity contribution in [3.05, 3.63) is 71.3 Å². The van der Waals surface area contributed by atoms with Crippen LogP contribution in [-0.4, -0.2) is 13.1 Å². The Morgan fingerprint density at radius 1 is 1.00 bits per heavy atom. The van der Waals surface area contributed by atoms with E-state index in [4.69, 9.17) is 10.5 Å². The number of hydrogen-bond acceptors (Lipinski definition) is 3. The highest BCUT2D eigenvalue weighted by Gasteiger charge is 2.39. The third-order valence-electron chi connectivity index (χ3n) is 3.24. The van der Waals surface area contributed by atoms with Crippen molar-refractivity contribution in [2.75, 3.05) is 7.11 Å². The number of esters is 1. The minimum atomic E-state index is -1.27. The van der Waals surface area contributed by atoms with E-state index >= 15 is 0 Å². The van der Waals surface area contributed by atoms with Crippen molar-refractivity contribution in [2.24, 2.45) is 5.73 Å². The average Bonchev–Trinajstić information content (AvgIpc) is 2.47. The molecule has 0 fully saturated rings. The van der Waals surface area contributed by atoms with Gasteiger partial charge in [-0.25, -0.2) is 4.79 Å². The zero-order chi connectivity index (χ0) is 13.9. The number of ether oxygens (including phenoxy) is 1. The molecule has 2 rings (SSSR count). The molecule has 0 saturated heterocycles. The molecule has 0 aliphatic rings. The Kier molecular flexibility index (Phi) is 3.67. The second-order valence-electron chi connectivity index (χ2n) is 4.53. The average molecular weight is 255 g/mol. The summed E-state index contributed by atoms with van der Waals surface area (Å²) in [7, 11) is 1.35. The zero-order valence-corrected chi connectivity index (χ0v) is 11.1. The van der Waals surface area contributed by atoms with E-state index in [0.29, 0.717) is 5.56 Å². The molecule has 0 spiro atoms. The second kappa shape index (κ2) is 5.24. The number of rotatable bonds is 3. The Labute approximate surface area is 113 Å². The lowest BCUT2D eigenvalue weighted by Crippen LogP contribution is -2.46. The predicted molar refractivity (Wildman–Crippen MR) is 74.6 cm³/mol. The molecule has 0 aliphatic carbocycles. The van der Waals surface area contributed by atoms with E-state index in [0.717, 1.165) is 11.1 Å². The molecule has 2 N–H and O–H groups in total. The number of benzene rings is 2. The van der Waals surface area contributed by atoms with Crippen molar-refractivity contribution in [3.63, 3.8) is 0 Å².